The molecule has 0 aromatic heterocycles. The molecule has 1 aromatic rings. The molecule has 0 saturated carbocycles. The van der Waals surface area contributed by atoms with Gasteiger partial charge in [-0.15, -0.1) is 0 Å². The van der Waals surface area contributed by atoms with E-state index in [0.717, 1.165) is 25.2 Å². The molecule has 0 amide bonds. The lowest BCUT2D eigenvalue weighted by atomic mass is 10.1. The van der Waals surface area contributed by atoms with Crippen LogP contribution < -0.4 is 0 Å². The molecule has 0 aliphatic rings. The summed E-state index contributed by atoms with van der Waals surface area (Å²) in [6.07, 6.45) is 0. The molecule has 0 aliphatic carbocycles. The van der Waals surface area contributed by atoms with Crippen LogP contribution in [0.5, 0.6) is 0 Å². The number of rotatable bonds is 6. The highest BCUT2D eigenvalue weighted by atomic mass is 16.2. The minimum atomic E-state index is -0.0873. The maximum atomic E-state index is 8.85. The molecular formula is C18H27NO. The van der Waals surface area contributed by atoms with Gasteiger partial charge in [-0.2, -0.15) is 0 Å². The van der Waals surface area contributed by atoms with Gasteiger partial charge in [-0.05, 0) is 23.5 Å². The van der Waals surface area contributed by atoms with E-state index in [1.54, 1.807) is 0 Å². The van der Waals surface area contributed by atoms with Gasteiger partial charge in [0.15, 0.2) is 0 Å². The average Bonchev–Trinajstić information content (AvgIpc) is 2.36. The molecule has 1 N–H and O–H groups in total. The van der Waals surface area contributed by atoms with E-state index in [-0.39, 0.29) is 6.61 Å². The second-order valence-electron chi connectivity index (χ2n) is 6.10. The Morgan fingerprint density at radius 2 is 1.65 bits per heavy atom. The van der Waals surface area contributed by atoms with Crippen molar-refractivity contribution in [3.63, 3.8) is 0 Å². The molecule has 0 unspecified atom stereocenters. The Labute approximate surface area is 123 Å². The minimum absolute atomic E-state index is 0.0873. The molecule has 0 heterocycles. The quantitative estimate of drug-likeness (QED) is 0.805. The smallest absolute Gasteiger partial charge is 0.104 e. The van der Waals surface area contributed by atoms with E-state index in [4.69, 9.17) is 5.11 Å². The molecular weight excluding hydrogens is 246 g/mol. The summed E-state index contributed by atoms with van der Waals surface area (Å²) >= 11 is 0. The largest absolute Gasteiger partial charge is 0.384 e. The van der Waals surface area contributed by atoms with Crippen molar-refractivity contribution >= 4 is 0 Å². The normalized spacial score (nSPS) is 11.0. The third-order valence-corrected chi connectivity index (χ3v) is 2.96. The fourth-order valence-corrected chi connectivity index (χ4v) is 2.39. The van der Waals surface area contributed by atoms with E-state index in [1.807, 2.05) is 12.1 Å². The summed E-state index contributed by atoms with van der Waals surface area (Å²) in [5.74, 6) is 7.11. The number of nitrogens with zero attached hydrogens (tertiary/aromatic N) is 1. The van der Waals surface area contributed by atoms with Gasteiger partial charge in [0.2, 0.25) is 0 Å². The zero-order valence-electron chi connectivity index (χ0n) is 13.2. The number of aliphatic hydroxyl groups is 1. The number of aliphatic hydroxyl groups excluding tert-OH is 1. The fourth-order valence-electron chi connectivity index (χ4n) is 2.39. The molecule has 0 radical (unpaired) electrons. The summed E-state index contributed by atoms with van der Waals surface area (Å²) in [5, 5.41) is 8.85. The Morgan fingerprint density at radius 3 is 2.20 bits per heavy atom. The van der Waals surface area contributed by atoms with Crippen LogP contribution in [0.4, 0.5) is 0 Å². The Hall–Kier alpha value is -1.30. The highest BCUT2D eigenvalue weighted by molar-refractivity contribution is 5.41. The van der Waals surface area contributed by atoms with Crippen LogP contribution in [-0.4, -0.2) is 29.7 Å². The van der Waals surface area contributed by atoms with Gasteiger partial charge in [-0.1, -0.05) is 57.7 Å². The van der Waals surface area contributed by atoms with Gasteiger partial charge in [0, 0.05) is 25.2 Å². The monoisotopic (exact) mass is 273 g/mol. The zero-order valence-corrected chi connectivity index (χ0v) is 13.2. The molecule has 0 fully saturated rings. The van der Waals surface area contributed by atoms with Gasteiger partial charge in [0.25, 0.3) is 0 Å². The van der Waals surface area contributed by atoms with Crippen molar-refractivity contribution in [1.29, 1.82) is 0 Å². The Bertz CT molecular complexity index is 444. The highest BCUT2D eigenvalue weighted by Gasteiger charge is 2.11. The minimum Gasteiger partial charge on any atom is -0.384 e. The molecule has 2 nitrogen and oxygen atoms in total. The first-order chi connectivity index (χ1) is 9.52. The molecule has 110 valence electrons. The summed E-state index contributed by atoms with van der Waals surface area (Å²) in [4.78, 5) is 2.49. The summed E-state index contributed by atoms with van der Waals surface area (Å²) in [7, 11) is 0. The second kappa shape index (κ2) is 8.79. The average molecular weight is 273 g/mol. The van der Waals surface area contributed by atoms with Gasteiger partial charge in [0.1, 0.15) is 6.61 Å². The lowest BCUT2D eigenvalue weighted by molar-refractivity contribution is 0.211. The van der Waals surface area contributed by atoms with Crippen molar-refractivity contribution in [2.75, 3.05) is 19.7 Å². The zero-order chi connectivity index (χ0) is 15.0. The molecule has 20 heavy (non-hydrogen) atoms. The first kappa shape index (κ1) is 16.8. The molecule has 0 aliphatic heterocycles. The van der Waals surface area contributed by atoms with Crippen LogP contribution in [-0.2, 0) is 6.54 Å². The summed E-state index contributed by atoms with van der Waals surface area (Å²) in [6, 6.07) is 8.22. The van der Waals surface area contributed by atoms with Crippen LogP contribution in [0.1, 0.15) is 38.8 Å². The molecule has 2 heteroatoms. The topological polar surface area (TPSA) is 23.5 Å². The van der Waals surface area contributed by atoms with Crippen molar-refractivity contribution < 1.29 is 5.11 Å². The van der Waals surface area contributed by atoms with Crippen molar-refractivity contribution in [2.45, 2.75) is 34.2 Å². The van der Waals surface area contributed by atoms with E-state index in [2.05, 4.69) is 56.6 Å². The van der Waals surface area contributed by atoms with Gasteiger partial charge >= 0.3 is 0 Å². The number of hydrogen-bond acceptors (Lipinski definition) is 2. The maximum Gasteiger partial charge on any atom is 0.104 e. The van der Waals surface area contributed by atoms with Crippen LogP contribution >= 0.6 is 0 Å². The molecule has 0 spiro atoms. The van der Waals surface area contributed by atoms with Crippen molar-refractivity contribution in [3.05, 3.63) is 35.4 Å². The van der Waals surface area contributed by atoms with Gasteiger partial charge in [-0.3, -0.25) is 4.90 Å². The summed E-state index contributed by atoms with van der Waals surface area (Å²) < 4.78 is 0. The van der Waals surface area contributed by atoms with Crippen LogP contribution in [0.15, 0.2) is 24.3 Å². The Kier molecular flexibility index (Phi) is 7.36. The fraction of sp³-hybridized carbons (Fsp3) is 0.556. The van der Waals surface area contributed by atoms with Crippen molar-refractivity contribution in [1.82, 2.24) is 4.90 Å². The predicted octanol–water partition coefficient (Wildman–Crippen LogP) is 3.14. The maximum absolute atomic E-state index is 8.85. The van der Waals surface area contributed by atoms with Gasteiger partial charge in [-0.25, -0.2) is 0 Å². The lowest BCUT2D eigenvalue weighted by Crippen LogP contribution is -2.31. The second-order valence-corrected chi connectivity index (χ2v) is 6.10. The predicted molar refractivity (Wildman–Crippen MR) is 85.4 cm³/mol. The molecule has 1 rings (SSSR count). The van der Waals surface area contributed by atoms with Crippen LogP contribution in [0.2, 0.25) is 0 Å². The first-order valence-electron chi connectivity index (χ1n) is 7.43. The van der Waals surface area contributed by atoms with Crippen molar-refractivity contribution in [2.24, 2.45) is 11.8 Å². The van der Waals surface area contributed by atoms with E-state index in [9.17, 15) is 0 Å². The number of benzene rings is 1. The van der Waals surface area contributed by atoms with Crippen LogP contribution in [0, 0.1) is 23.7 Å². The van der Waals surface area contributed by atoms with Gasteiger partial charge in [0.05, 0.1) is 0 Å². The van der Waals surface area contributed by atoms with E-state index < -0.39 is 0 Å². The SMILES string of the molecule is CC(C)CN(Cc1ccccc1C#CCO)CC(C)C. The number of hydrogen-bond donors (Lipinski definition) is 1. The molecule has 0 bridgehead atoms. The van der Waals surface area contributed by atoms with E-state index in [1.165, 1.54) is 5.56 Å². The third kappa shape index (κ3) is 6.23. The van der Waals surface area contributed by atoms with E-state index >= 15 is 0 Å². The van der Waals surface area contributed by atoms with Gasteiger partial charge < -0.3 is 5.11 Å². The molecule has 1 aromatic carbocycles. The summed E-state index contributed by atoms with van der Waals surface area (Å²) in [6.45, 7) is 12.0. The third-order valence-electron chi connectivity index (χ3n) is 2.96. The standard InChI is InChI=1S/C18H27NO/c1-15(2)12-19(13-16(3)4)14-18-9-6-5-8-17(18)10-7-11-20/h5-6,8-9,15-16,20H,11-14H2,1-4H3. The summed E-state index contributed by atoms with van der Waals surface area (Å²) in [5.41, 5.74) is 2.27. The molecule has 0 atom stereocenters. The molecule has 0 saturated heterocycles. The highest BCUT2D eigenvalue weighted by Crippen LogP contribution is 2.13. The lowest BCUT2D eigenvalue weighted by Gasteiger charge is -2.26. The van der Waals surface area contributed by atoms with Crippen molar-refractivity contribution in [3.8, 4) is 11.8 Å². The Morgan fingerprint density at radius 1 is 1.05 bits per heavy atom. The van der Waals surface area contributed by atoms with Crippen LogP contribution in [0.25, 0.3) is 0 Å². The van der Waals surface area contributed by atoms with Crippen LogP contribution in [0.3, 0.4) is 0 Å². The first-order valence-corrected chi connectivity index (χ1v) is 7.43. The Balaban J connectivity index is 2.86. The van der Waals surface area contributed by atoms with E-state index in [0.29, 0.717) is 11.8 Å².